The van der Waals surface area contributed by atoms with Crippen molar-refractivity contribution < 1.29 is 9.90 Å². The molecule has 0 bridgehead atoms. The molecule has 1 heterocycles. The highest BCUT2D eigenvalue weighted by Gasteiger charge is 2.06. The zero-order valence-electron chi connectivity index (χ0n) is 10.9. The lowest BCUT2D eigenvalue weighted by molar-refractivity contribution is -0.136. The second kappa shape index (κ2) is 5.84. The van der Waals surface area contributed by atoms with E-state index in [1.165, 1.54) is 16.9 Å². The van der Waals surface area contributed by atoms with E-state index in [2.05, 4.69) is 28.5 Å². The molecule has 0 aliphatic carbocycles. The highest BCUT2D eigenvalue weighted by molar-refractivity contribution is 7.13. The molecule has 19 heavy (non-hydrogen) atoms. The van der Waals surface area contributed by atoms with Gasteiger partial charge in [0.05, 0.1) is 12.1 Å². The van der Waals surface area contributed by atoms with Crippen molar-refractivity contribution in [1.82, 2.24) is 4.98 Å². The van der Waals surface area contributed by atoms with Gasteiger partial charge in [-0.05, 0) is 31.0 Å². The third-order valence-electron chi connectivity index (χ3n) is 2.78. The molecule has 0 saturated heterocycles. The molecular formula is C14H16N2O2S. The van der Waals surface area contributed by atoms with E-state index in [0.29, 0.717) is 6.42 Å². The van der Waals surface area contributed by atoms with Crippen molar-refractivity contribution in [3.8, 4) is 0 Å². The van der Waals surface area contributed by atoms with Crippen molar-refractivity contribution in [3.05, 3.63) is 40.4 Å². The highest BCUT2D eigenvalue weighted by atomic mass is 32.1. The van der Waals surface area contributed by atoms with Crippen LogP contribution in [0.15, 0.2) is 23.6 Å². The number of carbonyl (C=O) groups is 1. The first-order chi connectivity index (χ1) is 9.04. The molecule has 2 aromatic rings. The van der Waals surface area contributed by atoms with Gasteiger partial charge in [-0.1, -0.05) is 12.1 Å². The van der Waals surface area contributed by atoms with Gasteiger partial charge in [0.25, 0.3) is 0 Å². The van der Waals surface area contributed by atoms with Crippen molar-refractivity contribution >= 4 is 28.1 Å². The number of thiazole rings is 1. The van der Waals surface area contributed by atoms with Crippen LogP contribution in [0.25, 0.3) is 0 Å². The van der Waals surface area contributed by atoms with Crippen molar-refractivity contribution in [2.45, 2.75) is 26.7 Å². The standard InChI is InChI=1S/C14H16N2O2S/c1-9-3-4-10(2)12(7-9)16-14-15-11(8-19-14)5-6-13(17)18/h3-4,7-8H,5-6H2,1-2H3,(H,15,16)(H,17,18). The van der Waals surface area contributed by atoms with Crippen LogP contribution in [-0.2, 0) is 11.2 Å². The molecule has 0 spiro atoms. The molecule has 0 aliphatic rings. The summed E-state index contributed by atoms with van der Waals surface area (Å²) in [6.45, 7) is 4.09. The van der Waals surface area contributed by atoms with E-state index in [-0.39, 0.29) is 6.42 Å². The lowest BCUT2D eigenvalue weighted by atomic mass is 10.1. The quantitative estimate of drug-likeness (QED) is 0.877. The number of benzene rings is 1. The number of anilines is 2. The minimum absolute atomic E-state index is 0.118. The fourth-order valence-electron chi connectivity index (χ4n) is 1.70. The van der Waals surface area contributed by atoms with Crippen LogP contribution in [0.1, 0.15) is 23.2 Å². The van der Waals surface area contributed by atoms with E-state index in [0.717, 1.165) is 22.1 Å². The summed E-state index contributed by atoms with van der Waals surface area (Å²) in [4.78, 5) is 14.9. The molecule has 0 fully saturated rings. The first-order valence-electron chi connectivity index (χ1n) is 6.05. The lowest BCUT2D eigenvalue weighted by Gasteiger charge is -2.07. The Hall–Kier alpha value is -1.88. The molecule has 1 aromatic heterocycles. The van der Waals surface area contributed by atoms with Crippen molar-refractivity contribution in [1.29, 1.82) is 0 Å². The normalized spacial score (nSPS) is 10.4. The molecule has 0 saturated carbocycles. The van der Waals surface area contributed by atoms with Gasteiger partial charge in [0.2, 0.25) is 0 Å². The number of aryl methyl sites for hydroxylation is 3. The molecule has 0 aliphatic heterocycles. The fourth-order valence-corrected chi connectivity index (χ4v) is 2.46. The molecule has 0 radical (unpaired) electrons. The second-order valence-electron chi connectivity index (χ2n) is 4.48. The maximum atomic E-state index is 10.5. The van der Waals surface area contributed by atoms with Gasteiger partial charge in [-0.2, -0.15) is 0 Å². The Balaban J connectivity index is 2.07. The molecule has 2 N–H and O–H groups in total. The van der Waals surface area contributed by atoms with Crippen LogP contribution < -0.4 is 5.32 Å². The third kappa shape index (κ3) is 3.79. The molecule has 2 rings (SSSR count). The first kappa shape index (κ1) is 13.5. The van der Waals surface area contributed by atoms with Crippen LogP contribution in [0.5, 0.6) is 0 Å². The number of hydrogen-bond acceptors (Lipinski definition) is 4. The fraction of sp³-hybridized carbons (Fsp3) is 0.286. The predicted molar refractivity (Wildman–Crippen MR) is 77.3 cm³/mol. The van der Waals surface area contributed by atoms with Crippen LogP contribution in [0.3, 0.4) is 0 Å². The average molecular weight is 276 g/mol. The first-order valence-corrected chi connectivity index (χ1v) is 6.93. The molecule has 5 heteroatoms. The minimum Gasteiger partial charge on any atom is -0.481 e. The van der Waals surface area contributed by atoms with Crippen LogP contribution in [-0.4, -0.2) is 16.1 Å². The van der Waals surface area contributed by atoms with Gasteiger partial charge in [-0.25, -0.2) is 4.98 Å². The molecule has 1 aromatic carbocycles. The van der Waals surface area contributed by atoms with E-state index < -0.39 is 5.97 Å². The zero-order valence-corrected chi connectivity index (χ0v) is 11.8. The van der Waals surface area contributed by atoms with Gasteiger partial charge in [-0.15, -0.1) is 11.3 Å². The summed E-state index contributed by atoms with van der Waals surface area (Å²) in [6, 6.07) is 6.21. The summed E-state index contributed by atoms with van der Waals surface area (Å²) in [5, 5.41) is 14.6. The molecular weight excluding hydrogens is 260 g/mol. The SMILES string of the molecule is Cc1ccc(C)c(Nc2nc(CCC(=O)O)cs2)c1. The Morgan fingerprint density at radius 2 is 2.21 bits per heavy atom. The van der Waals surface area contributed by atoms with Crippen molar-refractivity contribution in [2.75, 3.05) is 5.32 Å². The Bertz CT molecular complexity index is 593. The molecule has 4 nitrogen and oxygen atoms in total. The average Bonchev–Trinajstić information content (AvgIpc) is 2.79. The molecule has 0 atom stereocenters. The summed E-state index contributed by atoms with van der Waals surface area (Å²) < 4.78 is 0. The van der Waals surface area contributed by atoms with Gasteiger partial charge < -0.3 is 10.4 Å². The van der Waals surface area contributed by atoms with E-state index in [4.69, 9.17) is 5.11 Å². The zero-order chi connectivity index (χ0) is 13.8. The third-order valence-corrected chi connectivity index (χ3v) is 3.59. The van der Waals surface area contributed by atoms with Crippen LogP contribution in [0.4, 0.5) is 10.8 Å². The summed E-state index contributed by atoms with van der Waals surface area (Å²) in [7, 11) is 0. The molecule has 0 amide bonds. The maximum Gasteiger partial charge on any atom is 0.303 e. The number of hydrogen-bond donors (Lipinski definition) is 2. The van der Waals surface area contributed by atoms with Gasteiger partial charge in [0, 0.05) is 17.5 Å². The lowest BCUT2D eigenvalue weighted by Crippen LogP contribution is -1.98. The summed E-state index contributed by atoms with van der Waals surface area (Å²) >= 11 is 1.50. The van der Waals surface area contributed by atoms with Crippen molar-refractivity contribution in [2.24, 2.45) is 0 Å². The number of rotatable bonds is 5. The predicted octanol–water partition coefficient (Wildman–Crippen LogP) is 3.52. The van der Waals surface area contributed by atoms with Gasteiger partial charge in [0.1, 0.15) is 0 Å². The topological polar surface area (TPSA) is 62.2 Å². The molecule has 100 valence electrons. The Labute approximate surface area is 116 Å². The Morgan fingerprint density at radius 3 is 2.95 bits per heavy atom. The van der Waals surface area contributed by atoms with E-state index in [9.17, 15) is 4.79 Å². The summed E-state index contributed by atoms with van der Waals surface area (Å²) in [6.07, 6.45) is 0.590. The van der Waals surface area contributed by atoms with Crippen LogP contribution >= 0.6 is 11.3 Å². The largest absolute Gasteiger partial charge is 0.481 e. The van der Waals surface area contributed by atoms with Gasteiger partial charge >= 0.3 is 5.97 Å². The van der Waals surface area contributed by atoms with Gasteiger partial charge in [0.15, 0.2) is 5.13 Å². The van der Waals surface area contributed by atoms with Crippen LogP contribution in [0.2, 0.25) is 0 Å². The minimum atomic E-state index is -0.794. The highest BCUT2D eigenvalue weighted by Crippen LogP contribution is 2.24. The van der Waals surface area contributed by atoms with Crippen LogP contribution in [0, 0.1) is 13.8 Å². The van der Waals surface area contributed by atoms with E-state index in [1.54, 1.807) is 0 Å². The number of nitrogens with one attached hydrogen (secondary N) is 1. The monoisotopic (exact) mass is 276 g/mol. The number of aromatic nitrogens is 1. The molecule has 0 unspecified atom stereocenters. The van der Waals surface area contributed by atoms with Gasteiger partial charge in [-0.3, -0.25) is 4.79 Å². The maximum absolute atomic E-state index is 10.5. The summed E-state index contributed by atoms with van der Waals surface area (Å²) in [5.74, 6) is -0.794. The summed E-state index contributed by atoms with van der Waals surface area (Å²) in [5.41, 5.74) is 4.21. The van der Waals surface area contributed by atoms with E-state index >= 15 is 0 Å². The smallest absolute Gasteiger partial charge is 0.303 e. The number of carboxylic acid groups (broad SMARTS) is 1. The number of aliphatic carboxylic acids is 1. The Morgan fingerprint density at radius 1 is 1.42 bits per heavy atom. The van der Waals surface area contributed by atoms with Crippen molar-refractivity contribution in [3.63, 3.8) is 0 Å². The second-order valence-corrected chi connectivity index (χ2v) is 5.34. The number of carboxylic acids is 1. The van der Waals surface area contributed by atoms with E-state index in [1.807, 2.05) is 19.2 Å². The number of nitrogens with zero attached hydrogens (tertiary/aromatic N) is 1. The Kier molecular flexibility index (Phi) is 4.16.